The van der Waals surface area contributed by atoms with Crippen LogP contribution in [-0.4, -0.2) is 47.8 Å². The summed E-state index contributed by atoms with van der Waals surface area (Å²) < 4.78 is 10.1. The summed E-state index contributed by atoms with van der Waals surface area (Å²) in [5, 5.41) is 0. The van der Waals surface area contributed by atoms with Crippen molar-refractivity contribution in [1.82, 2.24) is 4.90 Å². The highest BCUT2D eigenvalue weighted by Crippen LogP contribution is 2.36. The second-order valence-electron chi connectivity index (χ2n) is 7.68. The van der Waals surface area contributed by atoms with Gasteiger partial charge in [-0.15, -0.1) is 0 Å². The highest BCUT2D eigenvalue weighted by Gasteiger charge is 2.42. The second-order valence-corrected chi connectivity index (χ2v) is 7.68. The average molecular weight is 314 g/mol. The van der Waals surface area contributed by atoms with Gasteiger partial charge in [-0.3, -0.25) is 4.79 Å². The number of ether oxygens (including phenoxy) is 2. The van der Waals surface area contributed by atoms with Crippen LogP contribution in [0.3, 0.4) is 0 Å². The van der Waals surface area contributed by atoms with Crippen LogP contribution in [0.5, 0.6) is 0 Å². The molecule has 22 heavy (non-hydrogen) atoms. The van der Waals surface area contributed by atoms with E-state index in [0.29, 0.717) is 18.9 Å². The van der Waals surface area contributed by atoms with Gasteiger partial charge in [-0.1, -0.05) is 0 Å². The molecular weight excluding hydrogens is 284 g/mol. The van der Waals surface area contributed by atoms with E-state index in [9.17, 15) is 9.59 Å². The van der Waals surface area contributed by atoms with Crippen LogP contribution in [0, 0.1) is 5.92 Å². The summed E-state index contributed by atoms with van der Waals surface area (Å²) in [5.74, 6) is -0.0699. The summed E-state index contributed by atoms with van der Waals surface area (Å²) in [6.07, 6.45) is 1.95. The molecule has 0 aliphatic carbocycles. The third kappa shape index (κ3) is 5.16. The molecule has 1 aliphatic rings. The van der Waals surface area contributed by atoms with Crippen LogP contribution in [0.15, 0.2) is 0 Å². The molecule has 0 aromatic heterocycles. The number of carbonyl (C=O) groups excluding carboxylic acids is 2. The Morgan fingerprint density at radius 3 is 2.45 bits per heavy atom. The normalized spacial score (nSPS) is 22.3. The fourth-order valence-electron chi connectivity index (χ4n) is 2.90. The van der Waals surface area contributed by atoms with Gasteiger partial charge in [0.05, 0.1) is 7.11 Å². The van der Waals surface area contributed by atoms with Gasteiger partial charge in [0.15, 0.2) is 0 Å². The Morgan fingerprint density at radius 2 is 1.95 bits per heavy atom. The monoisotopic (exact) mass is 314 g/mol. The zero-order valence-corrected chi connectivity index (χ0v) is 14.6. The largest absolute Gasteiger partial charge is 0.468 e. The van der Waals surface area contributed by atoms with Crippen molar-refractivity contribution in [3.63, 3.8) is 0 Å². The summed E-state index contributed by atoms with van der Waals surface area (Å²) >= 11 is 0. The lowest BCUT2D eigenvalue weighted by atomic mass is 9.92. The molecule has 1 saturated heterocycles. The van der Waals surface area contributed by atoms with Crippen molar-refractivity contribution < 1.29 is 19.1 Å². The molecule has 0 saturated carbocycles. The van der Waals surface area contributed by atoms with Gasteiger partial charge in [-0.05, 0) is 59.8 Å². The van der Waals surface area contributed by atoms with E-state index in [1.165, 1.54) is 7.11 Å². The van der Waals surface area contributed by atoms with E-state index in [2.05, 4.69) is 4.74 Å². The number of nitrogens with zero attached hydrogens (tertiary/aromatic N) is 1. The van der Waals surface area contributed by atoms with Crippen molar-refractivity contribution >= 4 is 12.1 Å². The number of nitrogens with two attached hydrogens (primary N) is 1. The second kappa shape index (κ2) is 6.86. The zero-order chi connectivity index (χ0) is 17.1. The Hall–Kier alpha value is -1.30. The maximum absolute atomic E-state index is 12.3. The van der Waals surface area contributed by atoms with Crippen molar-refractivity contribution in [3.05, 3.63) is 0 Å². The number of methoxy groups -OCH3 is 1. The standard InChI is InChI=1S/C16H30N2O4/c1-15(2,3)22-14(20)18-10-11(9-16(18,4)5)7-8-12(17)13(19)21-6/h11-12H,7-10,17H2,1-6H3/t11-,12?/m0/s1. The fraction of sp³-hybridized carbons (Fsp3) is 0.875. The first-order valence-corrected chi connectivity index (χ1v) is 7.80. The molecule has 1 aliphatic heterocycles. The van der Waals surface area contributed by atoms with Gasteiger partial charge in [0.1, 0.15) is 11.6 Å². The minimum atomic E-state index is -0.594. The number of carbonyl (C=O) groups is 2. The molecule has 0 bridgehead atoms. The predicted molar refractivity (Wildman–Crippen MR) is 84.4 cm³/mol. The van der Waals surface area contributed by atoms with E-state index in [0.717, 1.165) is 12.8 Å². The van der Waals surface area contributed by atoms with Crippen LogP contribution in [0.4, 0.5) is 4.79 Å². The van der Waals surface area contributed by atoms with Crippen LogP contribution in [-0.2, 0) is 14.3 Å². The summed E-state index contributed by atoms with van der Waals surface area (Å²) in [5.41, 5.74) is 5.02. The number of rotatable bonds is 4. The molecule has 0 radical (unpaired) electrons. The van der Waals surface area contributed by atoms with Gasteiger partial charge in [0.2, 0.25) is 0 Å². The Labute approximate surface area is 133 Å². The molecule has 0 spiro atoms. The Balaban J connectivity index is 2.59. The molecule has 1 fully saturated rings. The van der Waals surface area contributed by atoms with E-state index in [-0.39, 0.29) is 17.6 Å². The number of hydrogen-bond donors (Lipinski definition) is 1. The maximum Gasteiger partial charge on any atom is 0.410 e. The molecule has 0 aromatic carbocycles. The van der Waals surface area contributed by atoms with Gasteiger partial charge < -0.3 is 20.1 Å². The Kier molecular flexibility index (Phi) is 5.84. The molecule has 2 atom stereocenters. The van der Waals surface area contributed by atoms with Crippen molar-refractivity contribution in [2.45, 2.75) is 71.1 Å². The van der Waals surface area contributed by atoms with Gasteiger partial charge in [0.25, 0.3) is 0 Å². The van der Waals surface area contributed by atoms with Crippen molar-refractivity contribution in [2.75, 3.05) is 13.7 Å². The predicted octanol–water partition coefficient (Wildman–Crippen LogP) is 2.30. The first-order valence-electron chi connectivity index (χ1n) is 7.80. The smallest absolute Gasteiger partial charge is 0.410 e. The highest BCUT2D eigenvalue weighted by molar-refractivity contribution is 5.75. The van der Waals surface area contributed by atoms with Gasteiger partial charge in [-0.2, -0.15) is 0 Å². The first-order chi connectivity index (χ1) is 9.96. The topological polar surface area (TPSA) is 81.9 Å². The molecular formula is C16H30N2O4. The van der Waals surface area contributed by atoms with E-state index in [1.807, 2.05) is 34.6 Å². The van der Waals surface area contributed by atoms with E-state index in [4.69, 9.17) is 10.5 Å². The first kappa shape index (κ1) is 18.7. The van der Waals surface area contributed by atoms with Crippen molar-refractivity contribution in [2.24, 2.45) is 11.7 Å². The molecule has 6 heteroatoms. The lowest BCUT2D eigenvalue weighted by Crippen LogP contribution is -2.45. The molecule has 1 rings (SSSR count). The third-order valence-electron chi connectivity index (χ3n) is 3.96. The average Bonchev–Trinajstić information content (AvgIpc) is 2.68. The molecule has 2 N–H and O–H groups in total. The maximum atomic E-state index is 12.3. The quantitative estimate of drug-likeness (QED) is 0.805. The van der Waals surface area contributed by atoms with Crippen LogP contribution in [0.1, 0.15) is 53.9 Å². The van der Waals surface area contributed by atoms with E-state index in [1.54, 1.807) is 4.90 Å². The van der Waals surface area contributed by atoms with Gasteiger partial charge >= 0.3 is 12.1 Å². The number of hydrogen-bond acceptors (Lipinski definition) is 5. The summed E-state index contributed by atoms with van der Waals surface area (Å²) in [6.45, 7) is 10.3. The van der Waals surface area contributed by atoms with E-state index < -0.39 is 11.6 Å². The highest BCUT2D eigenvalue weighted by atomic mass is 16.6. The van der Waals surface area contributed by atoms with Crippen LogP contribution in [0.25, 0.3) is 0 Å². The van der Waals surface area contributed by atoms with Gasteiger partial charge in [0, 0.05) is 12.1 Å². The minimum Gasteiger partial charge on any atom is -0.468 e. The summed E-state index contributed by atoms with van der Waals surface area (Å²) in [7, 11) is 1.34. The zero-order valence-electron chi connectivity index (χ0n) is 14.6. The third-order valence-corrected chi connectivity index (χ3v) is 3.96. The van der Waals surface area contributed by atoms with E-state index >= 15 is 0 Å². The van der Waals surface area contributed by atoms with Crippen LogP contribution < -0.4 is 5.73 Å². The fourth-order valence-corrected chi connectivity index (χ4v) is 2.90. The lowest BCUT2D eigenvalue weighted by molar-refractivity contribution is -0.142. The molecule has 6 nitrogen and oxygen atoms in total. The molecule has 1 unspecified atom stereocenters. The van der Waals surface area contributed by atoms with Crippen molar-refractivity contribution in [3.8, 4) is 0 Å². The minimum absolute atomic E-state index is 0.248. The molecule has 0 aromatic rings. The molecule has 1 amide bonds. The SMILES string of the molecule is COC(=O)C(N)CC[C@@H]1CN(C(=O)OC(C)(C)C)C(C)(C)C1. The Bertz CT molecular complexity index is 415. The number of likely N-dealkylation sites (tertiary alicyclic amines) is 1. The summed E-state index contributed by atoms with van der Waals surface area (Å²) in [4.78, 5) is 25.4. The number of esters is 1. The molecule has 128 valence electrons. The van der Waals surface area contributed by atoms with Gasteiger partial charge in [-0.25, -0.2) is 4.79 Å². The Morgan fingerprint density at radius 1 is 1.36 bits per heavy atom. The van der Waals surface area contributed by atoms with Crippen LogP contribution >= 0.6 is 0 Å². The number of amides is 1. The molecule has 1 heterocycles. The van der Waals surface area contributed by atoms with Crippen molar-refractivity contribution in [1.29, 1.82) is 0 Å². The van der Waals surface area contributed by atoms with Crippen LogP contribution in [0.2, 0.25) is 0 Å². The lowest BCUT2D eigenvalue weighted by Gasteiger charge is -2.33. The summed E-state index contributed by atoms with van der Waals surface area (Å²) in [6, 6.07) is -0.594.